The zero-order valence-corrected chi connectivity index (χ0v) is 21.5. The lowest BCUT2D eigenvalue weighted by atomic mass is 10.1. The molecule has 0 aliphatic carbocycles. The molecule has 0 aliphatic rings. The van der Waals surface area contributed by atoms with E-state index in [-0.39, 0.29) is 0 Å². The van der Waals surface area contributed by atoms with E-state index in [1.165, 1.54) is 90.7 Å². The Morgan fingerprint density at radius 1 is 0.760 bits per heavy atom. The molecular weight excluding hydrogens is 544 g/mol. The largest absolute Gasteiger partial charge is 0.127 e. The summed E-state index contributed by atoms with van der Waals surface area (Å²) in [5.74, 6) is 0. The first-order valence-electron chi connectivity index (χ1n) is 9.33. The van der Waals surface area contributed by atoms with Gasteiger partial charge in [0.15, 0.2) is 0 Å². The zero-order valence-electron chi connectivity index (χ0n) is 15.1. The van der Waals surface area contributed by atoms with Crippen LogP contribution in [-0.2, 0) is 12.8 Å². The molecule has 140 valence electrons. The first kappa shape index (κ1) is 22.1. The van der Waals surface area contributed by atoms with Crippen molar-refractivity contribution in [3.8, 4) is 9.75 Å². The average Bonchev–Trinajstić information content (AvgIpc) is 3.09. The molecule has 2 heterocycles. The Balaban J connectivity index is 2.08. The Hall–Kier alpha value is 0.840. The van der Waals surface area contributed by atoms with Crippen molar-refractivity contribution < 1.29 is 0 Å². The maximum atomic E-state index is 3.89. The van der Waals surface area contributed by atoms with E-state index >= 15 is 0 Å². The highest BCUT2D eigenvalue weighted by molar-refractivity contribution is 9.11. The van der Waals surface area contributed by atoms with Crippen LogP contribution in [0.2, 0.25) is 0 Å². The van der Waals surface area contributed by atoms with Gasteiger partial charge in [0.25, 0.3) is 0 Å². The van der Waals surface area contributed by atoms with Crippen molar-refractivity contribution >= 4 is 70.5 Å². The van der Waals surface area contributed by atoms with Crippen molar-refractivity contribution in [3.05, 3.63) is 29.2 Å². The lowest BCUT2D eigenvalue weighted by Crippen LogP contribution is -1.85. The van der Waals surface area contributed by atoms with Crippen LogP contribution in [0.25, 0.3) is 9.75 Å². The van der Waals surface area contributed by atoms with Gasteiger partial charge in [0.05, 0.1) is 12.4 Å². The van der Waals surface area contributed by atoms with E-state index in [0.29, 0.717) is 0 Å². The van der Waals surface area contributed by atoms with Crippen LogP contribution >= 0.6 is 70.5 Å². The highest BCUT2D eigenvalue weighted by Crippen LogP contribution is 2.47. The molecule has 5 heteroatoms. The number of thiophene rings is 2. The average molecular weight is 571 g/mol. The Kier molecular flexibility index (Phi) is 10.3. The summed E-state index contributed by atoms with van der Waals surface area (Å²) >= 11 is 15.2. The number of rotatable bonds is 11. The second-order valence-corrected chi connectivity index (χ2v) is 12.0. The molecule has 0 saturated carbocycles. The zero-order chi connectivity index (χ0) is 18.2. The van der Waals surface area contributed by atoms with Crippen LogP contribution in [-0.4, -0.2) is 0 Å². The van der Waals surface area contributed by atoms with Gasteiger partial charge in [-0.25, -0.2) is 0 Å². The molecule has 2 aromatic rings. The molecule has 2 aromatic heterocycles. The van der Waals surface area contributed by atoms with Crippen LogP contribution in [0.5, 0.6) is 0 Å². The Labute approximate surface area is 186 Å². The minimum atomic E-state index is 1.16. The SMILES string of the molecule is CCCCCCc1cc(-c2sc(Br)c(CCCCCC)c2Br)sc1Br. The molecule has 0 N–H and O–H groups in total. The minimum absolute atomic E-state index is 1.16. The quantitative estimate of drug-likeness (QED) is 0.236. The van der Waals surface area contributed by atoms with Crippen LogP contribution in [0.3, 0.4) is 0 Å². The van der Waals surface area contributed by atoms with Crippen LogP contribution < -0.4 is 0 Å². The Morgan fingerprint density at radius 2 is 1.40 bits per heavy atom. The van der Waals surface area contributed by atoms with Crippen LogP contribution in [0, 0.1) is 0 Å². The molecule has 0 aliphatic heterocycles. The van der Waals surface area contributed by atoms with Gasteiger partial charge in [-0.3, -0.25) is 0 Å². The highest BCUT2D eigenvalue weighted by Gasteiger charge is 2.18. The molecule has 2 rings (SSSR count). The summed E-state index contributed by atoms with van der Waals surface area (Å²) in [6, 6.07) is 2.39. The van der Waals surface area contributed by atoms with Crippen LogP contribution in [0.4, 0.5) is 0 Å². The molecule has 0 amide bonds. The fourth-order valence-electron chi connectivity index (χ4n) is 2.95. The summed E-state index contributed by atoms with van der Waals surface area (Å²) in [4.78, 5) is 2.76. The smallest absolute Gasteiger partial charge is 0.0748 e. The monoisotopic (exact) mass is 568 g/mol. The fourth-order valence-corrected chi connectivity index (χ4v) is 8.05. The van der Waals surface area contributed by atoms with E-state index in [1.807, 2.05) is 22.7 Å². The maximum absolute atomic E-state index is 3.89. The van der Waals surface area contributed by atoms with E-state index < -0.39 is 0 Å². The van der Waals surface area contributed by atoms with Gasteiger partial charge in [-0.2, -0.15) is 0 Å². The summed E-state index contributed by atoms with van der Waals surface area (Å²) in [7, 11) is 0. The predicted molar refractivity (Wildman–Crippen MR) is 126 cm³/mol. The molecule has 0 unspecified atom stereocenters. The third-order valence-corrected chi connectivity index (χ3v) is 9.72. The summed E-state index contributed by atoms with van der Waals surface area (Å²) in [6.07, 6.45) is 12.9. The van der Waals surface area contributed by atoms with Gasteiger partial charge in [-0.15, -0.1) is 22.7 Å². The summed E-state index contributed by atoms with van der Waals surface area (Å²) < 4.78 is 3.90. The maximum Gasteiger partial charge on any atom is 0.0748 e. The van der Waals surface area contributed by atoms with Crippen molar-refractivity contribution in [2.75, 3.05) is 0 Å². The minimum Gasteiger partial charge on any atom is -0.127 e. The second kappa shape index (κ2) is 11.6. The molecule has 0 spiro atoms. The number of hydrogen-bond acceptors (Lipinski definition) is 2. The molecule has 0 nitrogen and oxygen atoms in total. The molecule has 0 bridgehead atoms. The van der Waals surface area contributed by atoms with Crippen LogP contribution in [0.1, 0.15) is 76.3 Å². The molecule has 0 radical (unpaired) electrons. The fraction of sp³-hybridized carbons (Fsp3) is 0.600. The molecule has 0 atom stereocenters. The first-order chi connectivity index (χ1) is 12.1. The lowest BCUT2D eigenvalue weighted by molar-refractivity contribution is 0.666. The summed E-state index contributed by atoms with van der Waals surface area (Å²) in [6.45, 7) is 4.54. The molecule has 0 saturated heterocycles. The molecule has 0 fully saturated rings. The third-order valence-electron chi connectivity index (χ3n) is 4.45. The molecular formula is C20H27Br3S2. The molecule has 0 aromatic carbocycles. The van der Waals surface area contributed by atoms with E-state index in [0.717, 1.165) is 6.42 Å². The van der Waals surface area contributed by atoms with E-state index in [9.17, 15) is 0 Å². The van der Waals surface area contributed by atoms with E-state index in [1.54, 1.807) is 0 Å². The van der Waals surface area contributed by atoms with Crippen molar-refractivity contribution in [2.45, 2.75) is 78.1 Å². The first-order valence-corrected chi connectivity index (χ1v) is 13.3. The topological polar surface area (TPSA) is 0 Å². The van der Waals surface area contributed by atoms with Crippen molar-refractivity contribution in [1.29, 1.82) is 0 Å². The lowest BCUT2D eigenvalue weighted by Gasteiger charge is -2.01. The van der Waals surface area contributed by atoms with Gasteiger partial charge in [-0.05, 0) is 90.7 Å². The van der Waals surface area contributed by atoms with Gasteiger partial charge in [0.2, 0.25) is 0 Å². The van der Waals surface area contributed by atoms with Crippen LogP contribution in [0.15, 0.2) is 18.1 Å². The normalized spacial score (nSPS) is 11.4. The third kappa shape index (κ3) is 6.44. The standard InChI is InChI=1S/C20H27Br3S2/c1-3-5-7-9-11-14-13-16(24-19(14)22)18-17(21)15(20(23)25-18)12-10-8-6-4-2/h13H,3-12H2,1-2H3. The van der Waals surface area contributed by atoms with E-state index in [4.69, 9.17) is 0 Å². The van der Waals surface area contributed by atoms with Crippen molar-refractivity contribution in [1.82, 2.24) is 0 Å². The van der Waals surface area contributed by atoms with E-state index in [2.05, 4.69) is 67.7 Å². The van der Waals surface area contributed by atoms with Gasteiger partial charge in [0, 0.05) is 9.35 Å². The Bertz CT molecular complexity index is 658. The van der Waals surface area contributed by atoms with Gasteiger partial charge in [-0.1, -0.05) is 52.4 Å². The number of unbranched alkanes of at least 4 members (excludes halogenated alkanes) is 6. The number of aryl methyl sites for hydroxylation is 1. The van der Waals surface area contributed by atoms with Crippen molar-refractivity contribution in [2.24, 2.45) is 0 Å². The highest BCUT2D eigenvalue weighted by atomic mass is 79.9. The van der Waals surface area contributed by atoms with Crippen molar-refractivity contribution in [3.63, 3.8) is 0 Å². The number of halogens is 3. The van der Waals surface area contributed by atoms with Gasteiger partial charge < -0.3 is 0 Å². The Morgan fingerprint density at radius 3 is 2.04 bits per heavy atom. The van der Waals surface area contributed by atoms with Gasteiger partial charge in [0.1, 0.15) is 0 Å². The number of hydrogen-bond donors (Lipinski definition) is 0. The second-order valence-electron chi connectivity index (χ2n) is 6.53. The molecule has 25 heavy (non-hydrogen) atoms. The predicted octanol–water partition coefficient (Wildman–Crippen LogP) is 10.0. The van der Waals surface area contributed by atoms with Gasteiger partial charge >= 0.3 is 0 Å². The summed E-state index contributed by atoms with van der Waals surface area (Å²) in [5.41, 5.74) is 2.92. The summed E-state index contributed by atoms with van der Waals surface area (Å²) in [5, 5.41) is 0.